The molecule has 1 heterocycles. The van der Waals surface area contributed by atoms with Crippen LogP contribution in [0.15, 0.2) is 12.4 Å². The molecule has 1 saturated carbocycles. The number of aromatic nitrogens is 2. The van der Waals surface area contributed by atoms with E-state index in [0.717, 1.165) is 13.1 Å². The zero-order valence-electron chi connectivity index (χ0n) is 12.8. The minimum absolute atomic E-state index is 0.366. The lowest BCUT2D eigenvalue weighted by Crippen LogP contribution is -2.39. The van der Waals surface area contributed by atoms with Crippen molar-refractivity contribution in [3.8, 4) is 0 Å². The van der Waals surface area contributed by atoms with E-state index >= 15 is 0 Å². The molecule has 0 spiro atoms. The normalized spacial score (nSPS) is 20.4. The Morgan fingerprint density at radius 2 is 2.05 bits per heavy atom. The summed E-state index contributed by atoms with van der Waals surface area (Å²) >= 11 is 0. The number of rotatable bonds is 6. The van der Waals surface area contributed by atoms with Crippen molar-refractivity contribution in [3.05, 3.63) is 18.2 Å². The van der Waals surface area contributed by atoms with Gasteiger partial charge in [0, 0.05) is 18.9 Å². The third kappa shape index (κ3) is 3.19. The fourth-order valence-corrected chi connectivity index (χ4v) is 3.51. The summed E-state index contributed by atoms with van der Waals surface area (Å²) < 4.78 is 2.34. The van der Waals surface area contributed by atoms with E-state index in [0.29, 0.717) is 11.5 Å². The molecule has 0 aromatic carbocycles. The number of aryl methyl sites for hydroxylation is 1. The van der Waals surface area contributed by atoms with E-state index in [9.17, 15) is 0 Å². The fourth-order valence-electron chi connectivity index (χ4n) is 3.51. The standard InChI is InChI=1S/C16H29N3/c1-4-12-19-13-11-18-15(19)14(17-5-2)16(3)9-7-6-8-10-16/h11,13-14,17H,4-10,12H2,1-3H3. The third-order valence-electron chi connectivity index (χ3n) is 4.57. The first-order valence-corrected chi connectivity index (χ1v) is 7.95. The molecule has 0 radical (unpaired) electrons. The van der Waals surface area contributed by atoms with Crippen LogP contribution in [-0.4, -0.2) is 16.1 Å². The molecule has 1 unspecified atom stereocenters. The lowest BCUT2D eigenvalue weighted by Gasteiger charge is -2.41. The van der Waals surface area contributed by atoms with Crippen LogP contribution in [0.4, 0.5) is 0 Å². The number of hydrogen-bond acceptors (Lipinski definition) is 2. The summed E-state index contributed by atoms with van der Waals surface area (Å²) in [5.74, 6) is 1.24. The van der Waals surface area contributed by atoms with Gasteiger partial charge in [0.25, 0.3) is 0 Å². The summed E-state index contributed by atoms with van der Waals surface area (Å²) in [5.41, 5.74) is 0.366. The van der Waals surface area contributed by atoms with Crippen LogP contribution in [0.5, 0.6) is 0 Å². The number of hydrogen-bond donors (Lipinski definition) is 1. The molecular weight excluding hydrogens is 234 g/mol. The molecule has 2 rings (SSSR count). The highest BCUT2D eigenvalue weighted by atomic mass is 15.1. The van der Waals surface area contributed by atoms with E-state index in [-0.39, 0.29) is 0 Å². The van der Waals surface area contributed by atoms with Crippen LogP contribution in [0.3, 0.4) is 0 Å². The molecule has 1 aliphatic carbocycles. The van der Waals surface area contributed by atoms with Gasteiger partial charge in [-0.1, -0.05) is 40.0 Å². The SMILES string of the molecule is CCCn1ccnc1C(NCC)C1(C)CCCCC1. The van der Waals surface area contributed by atoms with Crippen LogP contribution in [0.25, 0.3) is 0 Å². The average Bonchev–Trinajstić information content (AvgIpc) is 2.85. The summed E-state index contributed by atoms with van der Waals surface area (Å²) in [6.45, 7) is 8.97. The van der Waals surface area contributed by atoms with Crippen LogP contribution in [-0.2, 0) is 6.54 Å². The van der Waals surface area contributed by atoms with E-state index in [1.807, 2.05) is 6.20 Å². The molecule has 1 N–H and O–H groups in total. The Balaban J connectivity index is 2.25. The van der Waals surface area contributed by atoms with Gasteiger partial charge in [-0.2, -0.15) is 0 Å². The molecule has 1 aliphatic rings. The topological polar surface area (TPSA) is 29.9 Å². The van der Waals surface area contributed by atoms with E-state index in [4.69, 9.17) is 0 Å². The highest BCUT2D eigenvalue weighted by Crippen LogP contribution is 2.45. The molecule has 3 nitrogen and oxygen atoms in total. The van der Waals surface area contributed by atoms with Gasteiger partial charge in [-0.25, -0.2) is 4.98 Å². The molecular formula is C16H29N3. The Kier molecular flexibility index (Phi) is 5.03. The van der Waals surface area contributed by atoms with Crippen LogP contribution < -0.4 is 5.32 Å². The minimum Gasteiger partial charge on any atom is -0.334 e. The molecule has 0 aliphatic heterocycles. The lowest BCUT2D eigenvalue weighted by molar-refractivity contribution is 0.137. The van der Waals surface area contributed by atoms with Gasteiger partial charge < -0.3 is 9.88 Å². The van der Waals surface area contributed by atoms with Crippen molar-refractivity contribution in [2.45, 2.75) is 71.9 Å². The van der Waals surface area contributed by atoms with E-state index < -0.39 is 0 Å². The predicted octanol–water partition coefficient (Wildman–Crippen LogP) is 3.91. The molecule has 108 valence electrons. The number of nitrogens with zero attached hydrogens (tertiary/aromatic N) is 2. The molecule has 19 heavy (non-hydrogen) atoms. The van der Waals surface area contributed by atoms with Crippen LogP contribution in [0.2, 0.25) is 0 Å². The smallest absolute Gasteiger partial charge is 0.126 e. The lowest BCUT2D eigenvalue weighted by atomic mass is 9.70. The van der Waals surface area contributed by atoms with Crippen molar-refractivity contribution in [1.82, 2.24) is 14.9 Å². The zero-order valence-corrected chi connectivity index (χ0v) is 12.8. The number of imidazole rings is 1. The van der Waals surface area contributed by atoms with Gasteiger partial charge in [-0.3, -0.25) is 0 Å². The van der Waals surface area contributed by atoms with Crippen molar-refractivity contribution < 1.29 is 0 Å². The Bertz CT molecular complexity index is 377. The van der Waals surface area contributed by atoms with Crippen LogP contribution in [0, 0.1) is 5.41 Å². The molecule has 1 atom stereocenters. The highest BCUT2D eigenvalue weighted by molar-refractivity contribution is 5.06. The average molecular weight is 263 g/mol. The second-order valence-electron chi connectivity index (χ2n) is 6.18. The van der Waals surface area contributed by atoms with Crippen molar-refractivity contribution >= 4 is 0 Å². The van der Waals surface area contributed by atoms with Gasteiger partial charge in [-0.05, 0) is 31.2 Å². The first kappa shape index (κ1) is 14.6. The Morgan fingerprint density at radius 1 is 1.32 bits per heavy atom. The van der Waals surface area contributed by atoms with Crippen LogP contribution in [0.1, 0.15) is 71.2 Å². The van der Waals surface area contributed by atoms with Crippen molar-refractivity contribution in [2.75, 3.05) is 6.54 Å². The van der Waals surface area contributed by atoms with Gasteiger partial charge in [0.15, 0.2) is 0 Å². The van der Waals surface area contributed by atoms with Gasteiger partial charge in [-0.15, -0.1) is 0 Å². The van der Waals surface area contributed by atoms with E-state index in [1.165, 1.54) is 44.3 Å². The summed E-state index contributed by atoms with van der Waals surface area (Å²) in [4.78, 5) is 4.67. The molecule has 1 aromatic heterocycles. The summed E-state index contributed by atoms with van der Waals surface area (Å²) in [5, 5.41) is 3.71. The van der Waals surface area contributed by atoms with Gasteiger partial charge >= 0.3 is 0 Å². The van der Waals surface area contributed by atoms with Crippen LogP contribution >= 0.6 is 0 Å². The number of nitrogens with one attached hydrogen (secondary N) is 1. The Hall–Kier alpha value is -0.830. The Labute approximate surface area is 117 Å². The minimum atomic E-state index is 0.366. The Morgan fingerprint density at radius 3 is 2.68 bits per heavy atom. The summed E-state index contributed by atoms with van der Waals surface area (Å²) in [6, 6.07) is 0.402. The summed E-state index contributed by atoms with van der Waals surface area (Å²) in [7, 11) is 0. The quantitative estimate of drug-likeness (QED) is 0.843. The molecule has 0 bridgehead atoms. The van der Waals surface area contributed by atoms with E-state index in [1.54, 1.807) is 0 Å². The predicted molar refractivity (Wildman–Crippen MR) is 80.1 cm³/mol. The van der Waals surface area contributed by atoms with Gasteiger partial charge in [0.05, 0.1) is 6.04 Å². The summed E-state index contributed by atoms with van der Waals surface area (Å²) in [6.07, 6.45) is 12.0. The van der Waals surface area contributed by atoms with Crippen molar-refractivity contribution in [3.63, 3.8) is 0 Å². The maximum absolute atomic E-state index is 4.67. The molecule has 0 amide bonds. The van der Waals surface area contributed by atoms with Crippen molar-refractivity contribution in [2.24, 2.45) is 5.41 Å². The fraction of sp³-hybridized carbons (Fsp3) is 0.812. The maximum atomic E-state index is 4.67. The maximum Gasteiger partial charge on any atom is 0.126 e. The third-order valence-corrected chi connectivity index (χ3v) is 4.57. The first-order valence-electron chi connectivity index (χ1n) is 7.95. The monoisotopic (exact) mass is 263 g/mol. The molecule has 1 aromatic rings. The molecule has 0 saturated heterocycles. The van der Waals surface area contributed by atoms with E-state index in [2.05, 4.69) is 41.8 Å². The largest absolute Gasteiger partial charge is 0.334 e. The second kappa shape index (κ2) is 6.56. The van der Waals surface area contributed by atoms with Gasteiger partial charge in [0.2, 0.25) is 0 Å². The zero-order chi connectivity index (χ0) is 13.7. The molecule has 3 heteroatoms. The van der Waals surface area contributed by atoms with Gasteiger partial charge in [0.1, 0.15) is 5.82 Å². The first-order chi connectivity index (χ1) is 9.21. The highest BCUT2D eigenvalue weighted by Gasteiger charge is 2.38. The van der Waals surface area contributed by atoms with Crippen molar-refractivity contribution in [1.29, 1.82) is 0 Å². The second-order valence-corrected chi connectivity index (χ2v) is 6.18. The molecule has 1 fully saturated rings.